The van der Waals surface area contributed by atoms with Crippen molar-refractivity contribution in [2.75, 3.05) is 7.11 Å². The normalized spacial score (nSPS) is 10.0. The lowest BCUT2D eigenvalue weighted by atomic mass is 10.1. The monoisotopic (exact) mass is 292 g/mol. The largest absolute Gasteiger partial charge is 0.390 e. The lowest BCUT2D eigenvalue weighted by molar-refractivity contribution is -0.115. The zero-order valence-electron chi connectivity index (χ0n) is 15.9. The summed E-state index contributed by atoms with van der Waals surface area (Å²) >= 11 is 0. The first-order chi connectivity index (χ1) is 8.83. The van der Waals surface area contributed by atoms with Crippen LogP contribution in [0.5, 0.6) is 0 Å². The van der Waals surface area contributed by atoms with Gasteiger partial charge in [0.1, 0.15) is 5.78 Å². The Balaban J connectivity index is -0.0000000899. The van der Waals surface area contributed by atoms with Crippen molar-refractivity contribution in [3.8, 4) is 0 Å². The zero-order valence-corrected chi connectivity index (χ0v) is 15.9. The van der Waals surface area contributed by atoms with E-state index in [2.05, 4.69) is 34.6 Å². The first kappa shape index (κ1) is 27.9. The van der Waals surface area contributed by atoms with Crippen molar-refractivity contribution < 1.29 is 14.6 Å². The van der Waals surface area contributed by atoms with Crippen LogP contribution in [0.15, 0.2) is 0 Å². The van der Waals surface area contributed by atoms with E-state index in [0.717, 1.165) is 12.8 Å². The Morgan fingerprint density at radius 3 is 1.15 bits per heavy atom. The Hall–Kier alpha value is -0.410. The van der Waals surface area contributed by atoms with Crippen LogP contribution < -0.4 is 0 Å². The molecule has 0 saturated carbocycles. The van der Waals surface area contributed by atoms with E-state index in [9.17, 15) is 4.79 Å². The minimum absolute atomic E-state index is 0.0833. The first-order valence-corrected chi connectivity index (χ1v) is 7.58. The molecular weight excluding hydrogens is 252 g/mol. The van der Waals surface area contributed by atoms with Gasteiger partial charge in [-0.15, -0.1) is 0 Å². The Morgan fingerprint density at radius 2 is 1.15 bits per heavy atom. The molecule has 0 aliphatic heterocycles. The van der Waals surface area contributed by atoms with E-state index in [0.29, 0.717) is 0 Å². The molecule has 0 aromatic heterocycles. The second-order valence-corrected chi connectivity index (χ2v) is 6.10. The number of aliphatic hydroxyl groups is 1. The molecule has 0 fully saturated rings. The molecule has 0 saturated heterocycles. The average molecular weight is 293 g/mol. The van der Waals surface area contributed by atoms with Crippen molar-refractivity contribution in [3.05, 3.63) is 0 Å². The smallest absolute Gasteiger partial charge is 0.126 e. The van der Waals surface area contributed by atoms with Crippen LogP contribution in [0.25, 0.3) is 0 Å². The standard InChI is InChI=1S/C6H14O.C5H12O.C3H6O.C3H8/c1-5-6(2,3)7-4;1-4-5(2,3)6;1-3(2)4;1-3-2/h5H2,1-4H3;6H,4H2,1-3H3;1-2H3;3H2,1-2H3. The van der Waals surface area contributed by atoms with Gasteiger partial charge in [-0.1, -0.05) is 34.1 Å². The highest BCUT2D eigenvalue weighted by molar-refractivity contribution is 5.72. The summed E-state index contributed by atoms with van der Waals surface area (Å²) in [5, 5.41) is 8.83. The number of carbonyl (C=O) groups excluding carboxylic acids is 1. The molecule has 0 spiro atoms. The molecule has 20 heavy (non-hydrogen) atoms. The predicted octanol–water partition coefficient (Wildman–Crippen LogP) is 5.00. The van der Waals surface area contributed by atoms with Gasteiger partial charge in [0, 0.05) is 7.11 Å². The van der Waals surface area contributed by atoms with E-state index < -0.39 is 5.60 Å². The molecule has 0 aliphatic rings. The summed E-state index contributed by atoms with van der Waals surface area (Å²) in [6.45, 7) is 19.1. The van der Waals surface area contributed by atoms with Crippen molar-refractivity contribution in [2.24, 2.45) is 0 Å². The van der Waals surface area contributed by atoms with E-state index >= 15 is 0 Å². The van der Waals surface area contributed by atoms with Gasteiger partial charge in [0.05, 0.1) is 11.2 Å². The van der Waals surface area contributed by atoms with E-state index in [4.69, 9.17) is 9.84 Å². The lowest BCUT2D eigenvalue weighted by Crippen LogP contribution is -2.20. The Morgan fingerprint density at radius 1 is 0.950 bits per heavy atom. The third-order valence-corrected chi connectivity index (χ3v) is 2.27. The molecule has 0 aromatic rings. The van der Waals surface area contributed by atoms with Crippen molar-refractivity contribution in [3.63, 3.8) is 0 Å². The number of hydrogen-bond acceptors (Lipinski definition) is 3. The van der Waals surface area contributed by atoms with E-state index in [1.807, 2.05) is 6.92 Å². The quantitative estimate of drug-likeness (QED) is 0.796. The number of Topliss-reactive ketones (excluding diaryl/α,β-unsaturated/α-hetero) is 1. The fourth-order valence-electron chi connectivity index (χ4n) is 0.144. The maximum absolute atomic E-state index is 9.44. The topological polar surface area (TPSA) is 46.5 Å². The van der Waals surface area contributed by atoms with E-state index in [1.54, 1.807) is 21.0 Å². The van der Waals surface area contributed by atoms with Crippen molar-refractivity contribution in [1.82, 2.24) is 0 Å². The van der Waals surface area contributed by atoms with Gasteiger partial charge >= 0.3 is 0 Å². The van der Waals surface area contributed by atoms with Crippen LogP contribution in [0.3, 0.4) is 0 Å². The van der Waals surface area contributed by atoms with Gasteiger partial charge in [0.2, 0.25) is 0 Å². The number of carbonyl (C=O) groups is 1. The molecule has 0 rings (SSSR count). The third kappa shape index (κ3) is 65.6. The van der Waals surface area contributed by atoms with Crippen LogP contribution >= 0.6 is 0 Å². The Bertz CT molecular complexity index is 181. The van der Waals surface area contributed by atoms with Gasteiger partial charge in [-0.05, 0) is 54.4 Å². The van der Waals surface area contributed by atoms with Crippen molar-refractivity contribution >= 4 is 5.78 Å². The fourth-order valence-corrected chi connectivity index (χ4v) is 0.144. The number of hydrogen-bond donors (Lipinski definition) is 1. The number of rotatable bonds is 3. The molecule has 0 aromatic carbocycles. The van der Waals surface area contributed by atoms with E-state index in [-0.39, 0.29) is 11.4 Å². The van der Waals surface area contributed by atoms with Crippen LogP contribution in [0.4, 0.5) is 0 Å². The molecule has 0 aliphatic carbocycles. The number of ketones is 1. The van der Waals surface area contributed by atoms with Gasteiger partial charge < -0.3 is 14.6 Å². The maximum Gasteiger partial charge on any atom is 0.126 e. The second-order valence-electron chi connectivity index (χ2n) is 6.10. The summed E-state index contributed by atoms with van der Waals surface area (Å²) in [5.41, 5.74) is -0.375. The molecule has 0 radical (unpaired) electrons. The molecule has 0 atom stereocenters. The molecule has 3 heteroatoms. The summed E-state index contributed by atoms with van der Waals surface area (Å²) in [6, 6.07) is 0. The van der Waals surface area contributed by atoms with Gasteiger partial charge in [-0.2, -0.15) is 0 Å². The molecular formula is C17H40O3. The molecule has 3 nitrogen and oxygen atoms in total. The molecule has 0 heterocycles. The molecule has 0 unspecified atom stereocenters. The summed E-state index contributed by atoms with van der Waals surface area (Å²) < 4.78 is 5.09. The van der Waals surface area contributed by atoms with Crippen LogP contribution in [0, 0.1) is 0 Å². The molecule has 126 valence electrons. The van der Waals surface area contributed by atoms with Gasteiger partial charge in [0.15, 0.2) is 0 Å². The second kappa shape index (κ2) is 16.6. The SMILES string of the molecule is CC(C)=O.CCC.CCC(C)(C)O.CCC(C)(C)OC. The summed E-state index contributed by atoms with van der Waals surface area (Å²) in [5.74, 6) is 0.167. The number of ether oxygens (including phenoxy) is 1. The van der Waals surface area contributed by atoms with E-state index in [1.165, 1.54) is 20.3 Å². The lowest BCUT2D eigenvalue weighted by Gasteiger charge is -2.19. The zero-order chi connectivity index (χ0) is 17.4. The highest BCUT2D eigenvalue weighted by atomic mass is 16.5. The Labute approximate surface area is 128 Å². The van der Waals surface area contributed by atoms with Gasteiger partial charge in [0.25, 0.3) is 0 Å². The van der Waals surface area contributed by atoms with Gasteiger partial charge in [-0.3, -0.25) is 0 Å². The van der Waals surface area contributed by atoms with Crippen LogP contribution in [0.1, 0.15) is 88.5 Å². The Kier molecular flexibility index (Phi) is 23.2. The summed E-state index contributed by atoms with van der Waals surface area (Å²) in [4.78, 5) is 9.44. The first-order valence-electron chi connectivity index (χ1n) is 7.58. The van der Waals surface area contributed by atoms with Crippen LogP contribution in [-0.2, 0) is 9.53 Å². The fraction of sp³-hybridized carbons (Fsp3) is 0.941. The van der Waals surface area contributed by atoms with Crippen LogP contribution in [0.2, 0.25) is 0 Å². The molecule has 1 N–H and O–H groups in total. The van der Waals surface area contributed by atoms with Crippen LogP contribution in [-0.4, -0.2) is 29.2 Å². The van der Waals surface area contributed by atoms with Crippen molar-refractivity contribution in [1.29, 1.82) is 0 Å². The molecule has 0 amide bonds. The predicted molar refractivity (Wildman–Crippen MR) is 90.3 cm³/mol. The van der Waals surface area contributed by atoms with Crippen molar-refractivity contribution in [2.45, 2.75) is 99.7 Å². The van der Waals surface area contributed by atoms with Gasteiger partial charge in [-0.25, -0.2) is 0 Å². The summed E-state index contributed by atoms with van der Waals surface area (Å²) in [6.07, 6.45) is 3.15. The maximum atomic E-state index is 9.44. The average Bonchev–Trinajstić information content (AvgIpc) is 2.29. The third-order valence-electron chi connectivity index (χ3n) is 2.27. The number of methoxy groups -OCH3 is 1. The highest BCUT2D eigenvalue weighted by Gasteiger charge is 2.10. The summed E-state index contributed by atoms with van der Waals surface area (Å²) in [7, 11) is 1.74. The minimum Gasteiger partial charge on any atom is -0.390 e. The minimum atomic E-state index is -0.458. The molecule has 0 bridgehead atoms. The highest BCUT2D eigenvalue weighted by Crippen LogP contribution is 2.10.